The highest BCUT2D eigenvalue weighted by Crippen LogP contribution is 2.38. The third-order valence-electron chi connectivity index (χ3n) is 4.17. The molecule has 0 aliphatic heterocycles. The van der Waals surface area contributed by atoms with E-state index in [1.807, 2.05) is 13.8 Å². The SMILES string of the molecule is CCOc1cccc(N=NC(C(C)=O)C(=O)Nc2cc(OC)c(Cl)c(OC)c2)c1OCC. The molecule has 1 amide bonds. The van der Waals surface area contributed by atoms with Gasteiger partial charge in [0.05, 0.1) is 27.4 Å². The van der Waals surface area contributed by atoms with Gasteiger partial charge >= 0.3 is 0 Å². The van der Waals surface area contributed by atoms with Crippen LogP contribution in [0.2, 0.25) is 5.02 Å². The average Bonchev–Trinajstić information content (AvgIpc) is 2.76. The van der Waals surface area contributed by atoms with Crippen molar-refractivity contribution in [3.05, 3.63) is 35.4 Å². The molecule has 10 heteroatoms. The van der Waals surface area contributed by atoms with Crippen LogP contribution in [0.15, 0.2) is 40.6 Å². The third kappa shape index (κ3) is 6.10. The quantitative estimate of drug-likeness (QED) is 0.377. The summed E-state index contributed by atoms with van der Waals surface area (Å²) < 4.78 is 21.6. The minimum atomic E-state index is -1.38. The number of para-hydroxylation sites is 1. The Morgan fingerprint density at radius 1 is 1.03 bits per heavy atom. The van der Waals surface area contributed by atoms with Crippen LogP contribution in [0.3, 0.4) is 0 Å². The van der Waals surface area contributed by atoms with Crippen LogP contribution in [0, 0.1) is 0 Å². The Morgan fingerprint density at radius 2 is 1.66 bits per heavy atom. The first kappa shape index (κ1) is 24.9. The summed E-state index contributed by atoms with van der Waals surface area (Å²) in [4.78, 5) is 24.9. The Balaban J connectivity index is 2.32. The molecule has 0 radical (unpaired) electrons. The van der Waals surface area contributed by atoms with Crippen LogP contribution in [0.1, 0.15) is 20.8 Å². The summed E-state index contributed by atoms with van der Waals surface area (Å²) in [6, 6.07) is 6.75. The summed E-state index contributed by atoms with van der Waals surface area (Å²) in [6.45, 7) is 5.74. The van der Waals surface area contributed by atoms with Gasteiger partial charge in [0.2, 0.25) is 6.04 Å². The number of anilines is 1. The summed E-state index contributed by atoms with van der Waals surface area (Å²) in [6.07, 6.45) is 0. The molecular weight excluding hydrogens is 438 g/mol. The number of carbonyl (C=O) groups excluding carboxylic acids is 2. The summed E-state index contributed by atoms with van der Waals surface area (Å²) >= 11 is 6.15. The highest BCUT2D eigenvalue weighted by molar-refractivity contribution is 6.33. The van der Waals surface area contributed by atoms with E-state index in [0.29, 0.717) is 47.6 Å². The Bertz CT molecular complexity index is 971. The van der Waals surface area contributed by atoms with E-state index in [1.165, 1.54) is 33.3 Å². The van der Waals surface area contributed by atoms with E-state index in [4.69, 9.17) is 30.5 Å². The zero-order chi connectivity index (χ0) is 23.7. The Labute approximate surface area is 191 Å². The van der Waals surface area contributed by atoms with Crippen molar-refractivity contribution >= 4 is 34.7 Å². The number of azo groups is 1. The third-order valence-corrected chi connectivity index (χ3v) is 4.55. The highest BCUT2D eigenvalue weighted by atomic mass is 35.5. The van der Waals surface area contributed by atoms with E-state index in [-0.39, 0.29) is 5.02 Å². The fourth-order valence-electron chi connectivity index (χ4n) is 2.73. The number of ether oxygens (including phenoxy) is 4. The zero-order valence-corrected chi connectivity index (χ0v) is 19.4. The Hall–Kier alpha value is -3.33. The monoisotopic (exact) mass is 463 g/mol. The number of hydrogen-bond donors (Lipinski definition) is 1. The number of hydrogen-bond acceptors (Lipinski definition) is 8. The predicted octanol–water partition coefficient (Wildman–Crippen LogP) is 4.83. The molecule has 0 spiro atoms. The highest BCUT2D eigenvalue weighted by Gasteiger charge is 2.24. The normalized spacial score (nSPS) is 11.7. The molecule has 2 aromatic rings. The molecule has 32 heavy (non-hydrogen) atoms. The molecule has 0 fully saturated rings. The van der Waals surface area contributed by atoms with Crippen molar-refractivity contribution in [2.75, 3.05) is 32.8 Å². The van der Waals surface area contributed by atoms with Crippen LogP contribution in [0.25, 0.3) is 0 Å². The lowest BCUT2D eigenvalue weighted by Gasteiger charge is -2.14. The number of nitrogens with one attached hydrogen (secondary N) is 1. The fourth-order valence-corrected chi connectivity index (χ4v) is 3.00. The lowest BCUT2D eigenvalue weighted by molar-refractivity contribution is -0.126. The number of halogens is 1. The first-order valence-electron chi connectivity index (χ1n) is 9.88. The van der Waals surface area contributed by atoms with Crippen LogP contribution in [-0.2, 0) is 9.59 Å². The van der Waals surface area contributed by atoms with E-state index in [2.05, 4.69) is 15.5 Å². The van der Waals surface area contributed by atoms with Crippen molar-refractivity contribution in [1.29, 1.82) is 0 Å². The second-order valence-corrected chi connectivity index (χ2v) is 6.76. The number of Topliss-reactive ketones (excluding diaryl/α,β-unsaturated/α-hetero) is 1. The summed E-state index contributed by atoms with van der Waals surface area (Å²) in [5, 5.41) is 11.0. The first-order chi connectivity index (χ1) is 15.4. The average molecular weight is 464 g/mol. The van der Waals surface area contributed by atoms with Gasteiger partial charge < -0.3 is 24.3 Å². The van der Waals surface area contributed by atoms with E-state index in [0.717, 1.165) is 0 Å². The maximum Gasteiger partial charge on any atom is 0.258 e. The summed E-state index contributed by atoms with van der Waals surface area (Å²) in [7, 11) is 2.87. The lowest BCUT2D eigenvalue weighted by atomic mass is 10.2. The van der Waals surface area contributed by atoms with Gasteiger partial charge in [0.1, 0.15) is 22.2 Å². The second-order valence-electron chi connectivity index (χ2n) is 6.38. The van der Waals surface area contributed by atoms with E-state index in [1.54, 1.807) is 18.2 Å². The molecule has 2 rings (SSSR count). The van der Waals surface area contributed by atoms with Gasteiger partial charge in [-0.1, -0.05) is 17.7 Å². The van der Waals surface area contributed by atoms with Crippen molar-refractivity contribution in [2.45, 2.75) is 26.8 Å². The van der Waals surface area contributed by atoms with Crippen LogP contribution >= 0.6 is 11.6 Å². The van der Waals surface area contributed by atoms with Gasteiger partial charge in [-0.3, -0.25) is 9.59 Å². The van der Waals surface area contributed by atoms with Crippen molar-refractivity contribution < 1.29 is 28.5 Å². The fraction of sp³-hybridized carbons (Fsp3) is 0.364. The minimum Gasteiger partial charge on any atom is -0.495 e. The Morgan fingerprint density at radius 3 is 2.19 bits per heavy atom. The number of nitrogens with zero attached hydrogens (tertiary/aromatic N) is 2. The van der Waals surface area contributed by atoms with Crippen molar-refractivity contribution in [1.82, 2.24) is 0 Å². The maximum atomic E-state index is 12.8. The zero-order valence-electron chi connectivity index (χ0n) is 18.6. The molecule has 0 aliphatic carbocycles. The molecule has 0 saturated heterocycles. The second kappa shape index (κ2) is 11.9. The summed E-state index contributed by atoms with van der Waals surface area (Å²) in [5.41, 5.74) is 0.662. The molecule has 2 aromatic carbocycles. The molecule has 1 unspecified atom stereocenters. The van der Waals surface area contributed by atoms with Crippen LogP contribution < -0.4 is 24.3 Å². The molecule has 9 nitrogen and oxygen atoms in total. The van der Waals surface area contributed by atoms with Crippen LogP contribution in [-0.4, -0.2) is 45.2 Å². The van der Waals surface area contributed by atoms with Gasteiger partial charge in [-0.05, 0) is 32.9 Å². The van der Waals surface area contributed by atoms with Crippen LogP contribution in [0.4, 0.5) is 11.4 Å². The summed E-state index contributed by atoms with van der Waals surface area (Å²) in [5.74, 6) is 0.322. The van der Waals surface area contributed by atoms with Gasteiger partial charge in [0.15, 0.2) is 17.3 Å². The molecule has 1 N–H and O–H groups in total. The van der Waals surface area contributed by atoms with E-state index >= 15 is 0 Å². The number of amides is 1. The molecule has 172 valence electrons. The number of methoxy groups -OCH3 is 2. The standard InChI is InChI=1S/C22H26ClN3O6/c1-6-31-16-10-8-9-15(21(16)32-7-2)25-26-20(13(3)27)22(28)24-14-11-17(29-4)19(23)18(12-14)30-5/h8-12,20H,6-7H2,1-5H3,(H,24,28). The number of carbonyl (C=O) groups is 2. The Kier molecular flexibility index (Phi) is 9.27. The first-order valence-corrected chi connectivity index (χ1v) is 10.3. The molecule has 0 saturated carbocycles. The largest absolute Gasteiger partial charge is 0.495 e. The smallest absolute Gasteiger partial charge is 0.258 e. The topological polar surface area (TPSA) is 108 Å². The van der Waals surface area contributed by atoms with Crippen molar-refractivity contribution in [2.24, 2.45) is 10.2 Å². The predicted molar refractivity (Wildman–Crippen MR) is 121 cm³/mol. The molecule has 0 aliphatic rings. The van der Waals surface area contributed by atoms with E-state index < -0.39 is 17.7 Å². The van der Waals surface area contributed by atoms with Crippen molar-refractivity contribution in [3.8, 4) is 23.0 Å². The van der Waals surface area contributed by atoms with Crippen molar-refractivity contribution in [3.63, 3.8) is 0 Å². The van der Waals surface area contributed by atoms with Gasteiger partial charge in [-0.2, -0.15) is 10.2 Å². The van der Waals surface area contributed by atoms with E-state index in [9.17, 15) is 9.59 Å². The maximum absolute atomic E-state index is 12.8. The number of ketones is 1. The molecular formula is C22H26ClN3O6. The minimum absolute atomic E-state index is 0.258. The van der Waals surface area contributed by atoms with Crippen LogP contribution in [0.5, 0.6) is 23.0 Å². The lowest BCUT2D eigenvalue weighted by Crippen LogP contribution is -2.31. The number of benzene rings is 2. The van der Waals surface area contributed by atoms with Gasteiger partial charge in [-0.25, -0.2) is 0 Å². The molecule has 0 aromatic heterocycles. The van der Waals surface area contributed by atoms with Gasteiger partial charge in [-0.15, -0.1) is 0 Å². The van der Waals surface area contributed by atoms with Gasteiger partial charge in [0.25, 0.3) is 5.91 Å². The molecule has 1 atom stereocenters. The van der Waals surface area contributed by atoms with Gasteiger partial charge in [0, 0.05) is 17.8 Å². The number of rotatable bonds is 11. The molecule has 0 heterocycles. The molecule has 0 bridgehead atoms.